The van der Waals surface area contributed by atoms with Gasteiger partial charge in [0.1, 0.15) is 17.5 Å². The van der Waals surface area contributed by atoms with Crippen molar-refractivity contribution in [2.75, 3.05) is 19.5 Å². The number of allylic oxidation sites excluding steroid dienone is 1. The van der Waals surface area contributed by atoms with E-state index in [9.17, 15) is 9.59 Å². The number of anilines is 1. The Labute approximate surface area is 165 Å². The summed E-state index contributed by atoms with van der Waals surface area (Å²) in [4.78, 5) is 26.0. The molecule has 0 spiro atoms. The van der Waals surface area contributed by atoms with E-state index in [4.69, 9.17) is 9.47 Å². The summed E-state index contributed by atoms with van der Waals surface area (Å²) >= 11 is 0. The second-order valence-corrected chi connectivity index (χ2v) is 6.22. The highest BCUT2D eigenvalue weighted by molar-refractivity contribution is 6.14. The highest BCUT2D eigenvalue weighted by Gasteiger charge is 2.38. The van der Waals surface area contributed by atoms with Crippen LogP contribution in [0.1, 0.15) is 22.0 Å². The predicted octanol–water partition coefficient (Wildman–Crippen LogP) is 2.01. The molecule has 0 aliphatic carbocycles. The highest BCUT2D eigenvalue weighted by atomic mass is 16.5. The number of hydrogen-bond donors (Lipinski definition) is 1. The molecule has 0 saturated carbocycles. The van der Waals surface area contributed by atoms with E-state index in [2.05, 4.69) is 20.8 Å². The minimum Gasteiger partial charge on any atom is -0.497 e. The van der Waals surface area contributed by atoms with Crippen LogP contribution in [0.5, 0.6) is 5.75 Å². The Morgan fingerprint density at radius 1 is 1.03 bits per heavy atom. The van der Waals surface area contributed by atoms with Crippen LogP contribution in [0.4, 0.5) is 5.95 Å². The zero-order valence-electron chi connectivity index (χ0n) is 15.7. The van der Waals surface area contributed by atoms with Crippen LogP contribution >= 0.6 is 0 Å². The number of tetrazole rings is 1. The Bertz CT molecular complexity index is 1090. The van der Waals surface area contributed by atoms with E-state index in [0.29, 0.717) is 16.9 Å². The molecule has 2 heterocycles. The Kier molecular flexibility index (Phi) is 4.78. The lowest BCUT2D eigenvalue weighted by Crippen LogP contribution is -2.32. The molecule has 0 unspecified atom stereocenters. The van der Waals surface area contributed by atoms with Crippen molar-refractivity contribution in [2.24, 2.45) is 0 Å². The third-order valence-corrected chi connectivity index (χ3v) is 4.62. The van der Waals surface area contributed by atoms with Crippen LogP contribution in [0.15, 0.2) is 65.9 Å². The molecule has 1 aromatic heterocycles. The van der Waals surface area contributed by atoms with Gasteiger partial charge in [-0.1, -0.05) is 47.6 Å². The molecule has 0 radical (unpaired) electrons. The van der Waals surface area contributed by atoms with E-state index < -0.39 is 12.0 Å². The number of nitrogens with zero attached hydrogens (tertiary/aromatic N) is 4. The minimum atomic E-state index is -0.728. The maximum absolute atomic E-state index is 13.5. The topological polar surface area (TPSA) is 108 Å². The van der Waals surface area contributed by atoms with Gasteiger partial charge >= 0.3 is 5.97 Å². The van der Waals surface area contributed by atoms with Crippen LogP contribution < -0.4 is 10.1 Å². The summed E-state index contributed by atoms with van der Waals surface area (Å²) in [7, 11) is 2.82. The number of fused-ring (bicyclic) bond motifs is 1. The normalized spacial score (nSPS) is 15.3. The Balaban J connectivity index is 1.93. The standard InChI is InChI=1S/C20H17N5O4/c1-28-14-10-8-12(9-11-14)17-15(18(26)13-6-4-3-5-7-13)16(19(27)29-2)21-20-22-23-24-25(17)20/h3-11,17H,1-2H3,(H,21,22,24)/t17-/m0/s1. The molecule has 29 heavy (non-hydrogen) atoms. The van der Waals surface area contributed by atoms with Crippen molar-refractivity contribution in [2.45, 2.75) is 6.04 Å². The van der Waals surface area contributed by atoms with E-state index in [1.165, 1.54) is 11.8 Å². The number of methoxy groups -OCH3 is 2. The number of benzene rings is 2. The van der Waals surface area contributed by atoms with Crippen LogP contribution in [-0.2, 0) is 9.53 Å². The number of esters is 1. The van der Waals surface area contributed by atoms with Crippen LogP contribution in [0.3, 0.4) is 0 Å². The zero-order valence-corrected chi connectivity index (χ0v) is 15.7. The number of carbonyl (C=O) groups excluding carboxylic acids is 2. The Hall–Kier alpha value is -4.01. The van der Waals surface area contributed by atoms with Crippen LogP contribution in [-0.4, -0.2) is 46.2 Å². The zero-order chi connectivity index (χ0) is 20.4. The summed E-state index contributed by atoms with van der Waals surface area (Å²) in [6, 6.07) is 15.1. The molecular weight excluding hydrogens is 374 g/mol. The number of rotatable bonds is 5. The smallest absolute Gasteiger partial charge is 0.355 e. The second-order valence-electron chi connectivity index (χ2n) is 6.22. The fraction of sp³-hybridized carbons (Fsp3) is 0.150. The fourth-order valence-corrected chi connectivity index (χ4v) is 3.23. The average molecular weight is 391 g/mol. The van der Waals surface area contributed by atoms with Crippen LogP contribution in [0, 0.1) is 0 Å². The van der Waals surface area contributed by atoms with Gasteiger partial charge in [-0.25, -0.2) is 4.79 Å². The van der Waals surface area contributed by atoms with Crippen molar-refractivity contribution >= 4 is 17.7 Å². The monoisotopic (exact) mass is 391 g/mol. The van der Waals surface area contributed by atoms with Crippen LogP contribution in [0.2, 0.25) is 0 Å². The number of carbonyl (C=O) groups is 2. The highest BCUT2D eigenvalue weighted by Crippen LogP contribution is 2.37. The first-order valence-electron chi connectivity index (χ1n) is 8.75. The van der Waals surface area contributed by atoms with Crippen molar-refractivity contribution in [3.63, 3.8) is 0 Å². The van der Waals surface area contributed by atoms with Crippen molar-refractivity contribution < 1.29 is 19.1 Å². The van der Waals surface area contributed by atoms with E-state index in [0.717, 1.165) is 0 Å². The summed E-state index contributed by atoms with van der Waals surface area (Å²) in [5, 5.41) is 14.5. The quantitative estimate of drug-likeness (QED) is 0.520. The van der Waals surface area contributed by atoms with Gasteiger partial charge in [0, 0.05) is 5.56 Å². The van der Waals surface area contributed by atoms with Gasteiger partial charge in [0.25, 0.3) is 0 Å². The first kappa shape index (κ1) is 18.4. The molecule has 0 fully saturated rings. The molecule has 2 aromatic carbocycles. The van der Waals surface area contributed by atoms with E-state index in [1.807, 2.05) is 6.07 Å². The molecule has 0 saturated heterocycles. The predicted molar refractivity (Wildman–Crippen MR) is 102 cm³/mol. The van der Waals surface area contributed by atoms with Gasteiger partial charge in [0.2, 0.25) is 5.95 Å². The lowest BCUT2D eigenvalue weighted by atomic mass is 9.89. The summed E-state index contributed by atoms with van der Waals surface area (Å²) in [5.74, 6) is -0.124. The first-order valence-corrected chi connectivity index (χ1v) is 8.75. The molecule has 0 amide bonds. The first-order chi connectivity index (χ1) is 14.1. The molecule has 1 aliphatic rings. The van der Waals surface area contributed by atoms with Crippen molar-refractivity contribution in [3.8, 4) is 5.75 Å². The lowest BCUT2D eigenvalue weighted by molar-refractivity contribution is -0.136. The van der Waals surface area contributed by atoms with Gasteiger partial charge in [0.15, 0.2) is 5.78 Å². The number of hydrogen-bond acceptors (Lipinski definition) is 8. The largest absolute Gasteiger partial charge is 0.497 e. The third-order valence-electron chi connectivity index (χ3n) is 4.62. The third kappa shape index (κ3) is 3.22. The van der Waals surface area contributed by atoms with Gasteiger partial charge in [-0.05, 0) is 28.1 Å². The molecular formula is C20H17N5O4. The Morgan fingerprint density at radius 3 is 2.41 bits per heavy atom. The van der Waals surface area contributed by atoms with Crippen molar-refractivity contribution in [1.82, 2.24) is 20.2 Å². The minimum absolute atomic E-state index is 0.00414. The molecule has 4 rings (SSSR count). The lowest BCUT2D eigenvalue weighted by Gasteiger charge is -2.28. The van der Waals surface area contributed by atoms with Gasteiger partial charge in [-0.15, -0.1) is 0 Å². The number of ether oxygens (including phenoxy) is 2. The van der Waals surface area contributed by atoms with Crippen molar-refractivity contribution in [3.05, 3.63) is 77.0 Å². The maximum atomic E-state index is 13.5. The van der Waals surface area contributed by atoms with Crippen LogP contribution in [0.25, 0.3) is 0 Å². The van der Waals surface area contributed by atoms with E-state index >= 15 is 0 Å². The fourth-order valence-electron chi connectivity index (χ4n) is 3.23. The number of nitrogens with one attached hydrogen (secondary N) is 1. The molecule has 1 aliphatic heterocycles. The molecule has 9 heteroatoms. The summed E-state index contributed by atoms with van der Waals surface area (Å²) < 4.78 is 11.6. The second kappa shape index (κ2) is 7.55. The van der Waals surface area contributed by atoms with Gasteiger partial charge in [-0.2, -0.15) is 4.68 Å². The average Bonchev–Trinajstić information content (AvgIpc) is 3.26. The maximum Gasteiger partial charge on any atom is 0.355 e. The number of ketones is 1. The van der Waals surface area contributed by atoms with Gasteiger partial charge in [0.05, 0.1) is 19.8 Å². The molecule has 1 N–H and O–H groups in total. The molecule has 3 aromatic rings. The summed E-state index contributed by atoms with van der Waals surface area (Å²) in [5.41, 5.74) is 1.33. The molecule has 1 atom stereocenters. The van der Waals surface area contributed by atoms with E-state index in [1.54, 1.807) is 55.6 Å². The van der Waals surface area contributed by atoms with Gasteiger partial charge < -0.3 is 14.8 Å². The molecule has 146 valence electrons. The summed E-state index contributed by atoms with van der Waals surface area (Å²) in [6.07, 6.45) is 0. The summed E-state index contributed by atoms with van der Waals surface area (Å²) in [6.45, 7) is 0. The van der Waals surface area contributed by atoms with Gasteiger partial charge in [-0.3, -0.25) is 4.79 Å². The van der Waals surface area contributed by atoms with E-state index in [-0.39, 0.29) is 23.0 Å². The molecule has 0 bridgehead atoms. The Morgan fingerprint density at radius 2 is 1.76 bits per heavy atom. The number of aromatic nitrogens is 4. The van der Waals surface area contributed by atoms with Crippen molar-refractivity contribution in [1.29, 1.82) is 0 Å². The number of Topliss-reactive ketones (excluding diaryl/α,β-unsaturated/α-hetero) is 1. The molecule has 9 nitrogen and oxygen atoms in total. The SMILES string of the molecule is COC(=O)C1=C(C(=O)c2ccccc2)[C@H](c2ccc(OC)cc2)n2nnnc2N1.